The molecule has 8 heteroatoms. The van der Waals surface area contributed by atoms with Crippen molar-refractivity contribution in [3.63, 3.8) is 0 Å². The molecule has 0 spiro atoms. The smallest absolute Gasteiger partial charge is 0.257 e. The number of benzene rings is 2. The van der Waals surface area contributed by atoms with E-state index in [4.69, 9.17) is 0 Å². The molecule has 4 rings (SSSR count). The average molecular weight is 384 g/mol. The van der Waals surface area contributed by atoms with Crippen molar-refractivity contribution in [1.29, 1.82) is 0 Å². The van der Waals surface area contributed by atoms with Crippen molar-refractivity contribution in [3.8, 4) is 0 Å². The summed E-state index contributed by atoms with van der Waals surface area (Å²) in [5, 5.41) is 5.53. The van der Waals surface area contributed by atoms with Crippen LogP contribution < -0.4 is 15.5 Å². The number of halogens is 2. The fraction of sp³-hybridized carbons (Fsp3) is 0.200. The van der Waals surface area contributed by atoms with E-state index in [0.717, 1.165) is 6.41 Å². The lowest BCUT2D eigenvalue weighted by molar-refractivity contribution is -0.118. The van der Waals surface area contributed by atoms with Crippen LogP contribution in [0.2, 0.25) is 0 Å². The summed E-state index contributed by atoms with van der Waals surface area (Å²) < 4.78 is 27.9. The van der Waals surface area contributed by atoms with Crippen molar-refractivity contribution in [3.05, 3.63) is 59.8 Å². The number of nitrogens with zero attached hydrogens (tertiary/aromatic N) is 2. The van der Waals surface area contributed by atoms with Crippen LogP contribution in [-0.2, 0) is 9.59 Å². The molecule has 2 N–H and O–H groups in total. The predicted molar refractivity (Wildman–Crippen MR) is 103 cm³/mol. The van der Waals surface area contributed by atoms with Gasteiger partial charge in [0, 0.05) is 43.6 Å². The van der Waals surface area contributed by atoms with Crippen LogP contribution in [0.25, 0.3) is 5.57 Å². The molecule has 144 valence electrons. The minimum Gasteiger partial charge on any atom is -0.366 e. The highest BCUT2D eigenvalue weighted by Crippen LogP contribution is 2.32. The summed E-state index contributed by atoms with van der Waals surface area (Å²) >= 11 is 0. The number of carbonyl (C=O) groups is 2. The van der Waals surface area contributed by atoms with Crippen LogP contribution in [0.1, 0.15) is 5.56 Å². The molecule has 1 saturated heterocycles. The standard InChI is InChI=1S/C20H18F2N4O2/c21-13-1-3-15-16(20(28)24-18(15)9-13)11-23-14-2-4-19(17(22)10-14)26-7-5-25(12-27)6-8-26/h1-4,9-12,23H,5-8H2,(H,24,28). The van der Waals surface area contributed by atoms with Crippen LogP contribution in [0.15, 0.2) is 42.6 Å². The summed E-state index contributed by atoms with van der Waals surface area (Å²) in [6.45, 7) is 2.26. The summed E-state index contributed by atoms with van der Waals surface area (Å²) in [6.07, 6.45) is 2.29. The number of hydrogen-bond donors (Lipinski definition) is 2. The number of anilines is 3. The van der Waals surface area contributed by atoms with Crippen molar-refractivity contribution in [2.45, 2.75) is 0 Å². The second-order valence-corrected chi connectivity index (χ2v) is 6.64. The van der Waals surface area contributed by atoms with E-state index in [1.807, 2.05) is 4.90 Å². The SMILES string of the molecule is O=CN1CCN(c2ccc(NC=C3C(=O)Nc4cc(F)ccc43)cc2F)CC1. The molecular weight excluding hydrogens is 366 g/mol. The molecule has 1 fully saturated rings. The lowest BCUT2D eigenvalue weighted by atomic mass is 10.1. The number of piperazine rings is 1. The molecule has 0 aromatic heterocycles. The first kappa shape index (κ1) is 18.0. The molecular formula is C20H18F2N4O2. The zero-order chi connectivity index (χ0) is 19.7. The van der Waals surface area contributed by atoms with Gasteiger partial charge in [-0.1, -0.05) is 0 Å². The number of amides is 2. The van der Waals surface area contributed by atoms with Crippen molar-refractivity contribution in [2.24, 2.45) is 0 Å². The minimum absolute atomic E-state index is 0.349. The second kappa shape index (κ2) is 7.30. The van der Waals surface area contributed by atoms with Gasteiger partial charge in [0.1, 0.15) is 11.6 Å². The third-order valence-corrected chi connectivity index (χ3v) is 4.90. The van der Waals surface area contributed by atoms with Gasteiger partial charge in [0.05, 0.1) is 16.9 Å². The normalized spacial score (nSPS) is 17.5. The second-order valence-electron chi connectivity index (χ2n) is 6.64. The maximum Gasteiger partial charge on any atom is 0.257 e. The summed E-state index contributed by atoms with van der Waals surface area (Å²) in [7, 11) is 0. The quantitative estimate of drug-likeness (QED) is 0.628. The van der Waals surface area contributed by atoms with E-state index in [-0.39, 0.29) is 11.7 Å². The van der Waals surface area contributed by atoms with Crippen molar-refractivity contribution in [1.82, 2.24) is 4.90 Å². The lowest BCUT2D eigenvalue weighted by Gasteiger charge is -2.34. The number of rotatable bonds is 4. The predicted octanol–water partition coefficient (Wildman–Crippen LogP) is 2.65. The Labute approximate surface area is 160 Å². The maximum atomic E-state index is 14.6. The first-order chi connectivity index (χ1) is 13.5. The topological polar surface area (TPSA) is 64.7 Å². The van der Waals surface area contributed by atoms with Crippen LogP contribution in [0, 0.1) is 11.6 Å². The van der Waals surface area contributed by atoms with Crippen molar-refractivity contribution >= 4 is 35.0 Å². The zero-order valence-electron chi connectivity index (χ0n) is 14.9. The molecule has 0 radical (unpaired) electrons. The Kier molecular flexibility index (Phi) is 4.68. The molecule has 0 aliphatic carbocycles. The Morgan fingerprint density at radius 2 is 1.82 bits per heavy atom. The molecule has 0 saturated carbocycles. The van der Waals surface area contributed by atoms with Crippen LogP contribution in [0.5, 0.6) is 0 Å². The Balaban J connectivity index is 1.49. The van der Waals surface area contributed by atoms with E-state index >= 15 is 0 Å². The summed E-state index contributed by atoms with van der Waals surface area (Å²) in [5.41, 5.74) is 2.31. The molecule has 0 bridgehead atoms. The fourth-order valence-corrected chi connectivity index (χ4v) is 3.39. The van der Waals surface area contributed by atoms with E-state index in [9.17, 15) is 18.4 Å². The minimum atomic E-state index is -0.431. The van der Waals surface area contributed by atoms with E-state index in [2.05, 4.69) is 10.6 Å². The third-order valence-electron chi connectivity index (χ3n) is 4.90. The summed E-state index contributed by atoms with van der Waals surface area (Å²) in [4.78, 5) is 26.4. The van der Waals surface area contributed by atoms with Crippen molar-refractivity contribution in [2.75, 3.05) is 41.7 Å². The van der Waals surface area contributed by atoms with Gasteiger partial charge < -0.3 is 20.4 Å². The van der Waals surface area contributed by atoms with Crippen LogP contribution in [-0.4, -0.2) is 43.4 Å². The van der Waals surface area contributed by atoms with Gasteiger partial charge in [0.2, 0.25) is 6.41 Å². The van der Waals surface area contributed by atoms with Gasteiger partial charge in [-0.05, 0) is 36.4 Å². The molecule has 2 aromatic carbocycles. The van der Waals surface area contributed by atoms with Gasteiger partial charge in [-0.3, -0.25) is 9.59 Å². The van der Waals surface area contributed by atoms with Gasteiger partial charge in [-0.25, -0.2) is 8.78 Å². The van der Waals surface area contributed by atoms with Crippen LogP contribution >= 0.6 is 0 Å². The molecule has 2 amide bonds. The number of nitrogens with one attached hydrogen (secondary N) is 2. The summed E-state index contributed by atoms with van der Waals surface area (Å²) in [5.74, 6) is -1.17. The summed E-state index contributed by atoms with van der Waals surface area (Å²) in [6, 6.07) is 8.82. The zero-order valence-corrected chi connectivity index (χ0v) is 14.9. The Morgan fingerprint density at radius 3 is 2.54 bits per heavy atom. The first-order valence-corrected chi connectivity index (χ1v) is 8.87. The highest BCUT2D eigenvalue weighted by atomic mass is 19.1. The van der Waals surface area contributed by atoms with Crippen molar-refractivity contribution < 1.29 is 18.4 Å². The van der Waals surface area contributed by atoms with Gasteiger partial charge in [0.15, 0.2) is 0 Å². The highest BCUT2D eigenvalue weighted by molar-refractivity contribution is 6.31. The van der Waals surface area contributed by atoms with Crippen LogP contribution in [0.3, 0.4) is 0 Å². The Hall–Kier alpha value is -3.42. The molecule has 28 heavy (non-hydrogen) atoms. The Morgan fingerprint density at radius 1 is 1.04 bits per heavy atom. The number of hydrogen-bond acceptors (Lipinski definition) is 4. The molecule has 2 heterocycles. The molecule has 2 aliphatic rings. The maximum absolute atomic E-state index is 14.6. The monoisotopic (exact) mass is 384 g/mol. The van der Waals surface area contributed by atoms with E-state index < -0.39 is 5.82 Å². The van der Waals surface area contributed by atoms with E-state index in [0.29, 0.717) is 54.4 Å². The fourth-order valence-electron chi connectivity index (χ4n) is 3.39. The van der Waals surface area contributed by atoms with E-state index in [1.165, 1.54) is 30.5 Å². The van der Waals surface area contributed by atoms with Crippen LogP contribution in [0.4, 0.5) is 25.8 Å². The Bertz CT molecular complexity index is 969. The highest BCUT2D eigenvalue weighted by Gasteiger charge is 2.24. The lowest BCUT2D eigenvalue weighted by Crippen LogP contribution is -2.46. The number of carbonyl (C=O) groups excluding carboxylic acids is 2. The number of fused-ring (bicyclic) bond motifs is 1. The van der Waals surface area contributed by atoms with Gasteiger partial charge in [0.25, 0.3) is 5.91 Å². The van der Waals surface area contributed by atoms with Gasteiger partial charge in [-0.2, -0.15) is 0 Å². The average Bonchev–Trinajstić information content (AvgIpc) is 3.00. The molecule has 0 unspecified atom stereocenters. The molecule has 0 atom stereocenters. The largest absolute Gasteiger partial charge is 0.366 e. The molecule has 2 aromatic rings. The molecule has 6 nitrogen and oxygen atoms in total. The molecule has 2 aliphatic heterocycles. The first-order valence-electron chi connectivity index (χ1n) is 8.87. The van der Waals surface area contributed by atoms with Gasteiger partial charge in [-0.15, -0.1) is 0 Å². The van der Waals surface area contributed by atoms with Gasteiger partial charge >= 0.3 is 0 Å². The van der Waals surface area contributed by atoms with E-state index in [1.54, 1.807) is 17.0 Å². The third kappa shape index (κ3) is 3.40.